The quantitative estimate of drug-likeness (QED) is 0.601. The zero-order valence-corrected chi connectivity index (χ0v) is 14.1. The van der Waals surface area contributed by atoms with Gasteiger partial charge in [0, 0.05) is 6.61 Å². The van der Waals surface area contributed by atoms with E-state index in [2.05, 4.69) is 6.92 Å². The summed E-state index contributed by atoms with van der Waals surface area (Å²) in [6.07, 6.45) is 17.1. The third kappa shape index (κ3) is 6.28. The molecule has 0 saturated heterocycles. The minimum atomic E-state index is -0.0172. The lowest BCUT2D eigenvalue weighted by Crippen LogP contribution is -2.35. The number of unbranched alkanes of at least 4 members (excludes halogenated alkanes) is 6. The van der Waals surface area contributed by atoms with Crippen molar-refractivity contribution >= 4 is 0 Å². The van der Waals surface area contributed by atoms with Crippen LogP contribution in [-0.2, 0) is 4.74 Å². The Balaban J connectivity index is 1.48. The summed E-state index contributed by atoms with van der Waals surface area (Å²) in [4.78, 5) is 0. The van der Waals surface area contributed by atoms with Gasteiger partial charge >= 0.3 is 0 Å². The SMILES string of the molecule is CCCCCCCCCOC1CCC2CC(O)CCC2C1. The average molecular weight is 296 g/mol. The average Bonchev–Trinajstić information content (AvgIpc) is 2.50. The molecule has 2 rings (SSSR count). The van der Waals surface area contributed by atoms with E-state index in [-0.39, 0.29) is 6.10 Å². The van der Waals surface area contributed by atoms with Gasteiger partial charge in [0.15, 0.2) is 0 Å². The molecule has 0 heterocycles. The first-order chi connectivity index (χ1) is 10.3. The minimum Gasteiger partial charge on any atom is -0.393 e. The van der Waals surface area contributed by atoms with Crippen molar-refractivity contribution in [2.75, 3.05) is 6.61 Å². The summed E-state index contributed by atoms with van der Waals surface area (Å²) in [5.41, 5.74) is 0. The molecule has 124 valence electrons. The zero-order valence-electron chi connectivity index (χ0n) is 14.1. The number of fused-ring (bicyclic) bond motifs is 1. The van der Waals surface area contributed by atoms with Crippen LogP contribution in [0, 0.1) is 11.8 Å². The first-order valence-electron chi connectivity index (χ1n) is 9.59. The van der Waals surface area contributed by atoms with Gasteiger partial charge < -0.3 is 9.84 Å². The number of aliphatic hydroxyl groups is 1. The molecule has 2 aliphatic rings. The molecule has 4 atom stereocenters. The predicted octanol–water partition coefficient (Wildman–Crippen LogP) is 5.08. The van der Waals surface area contributed by atoms with E-state index in [4.69, 9.17) is 4.74 Å². The lowest BCUT2D eigenvalue weighted by Gasteiger charge is -2.40. The molecule has 2 saturated carbocycles. The van der Waals surface area contributed by atoms with Crippen molar-refractivity contribution in [2.45, 2.75) is 103 Å². The van der Waals surface area contributed by atoms with E-state index in [1.807, 2.05) is 0 Å². The molecule has 4 unspecified atom stereocenters. The molecule has 0 bridgehead atoms. The number of aliphatic hydroxyl groups excluding tert-OH is 1. The van der Waals surface area contributed by atoms with Crippen molar-refractivity contribution in [2.24, 2.45) is 11.8 Å². The van der Waals surface area contributed by atoms with Crippen molar-refractivity contribution in [1.29, 1.82) is 0 Å². The Hall–Kier alpha value is -0.0800. The van der Waals surface area contributed by atoms with Gasteiger partial charge in [-0.05, 0) is 56.8 Å². The highest BCUT2D eigenvalue weighted by molar-refractivity contribution is 4.86. The van der Waals surface area contributed by atoms with Crippen molar-refractivity contribution in [3.8, 4) is 0 Å². The molecular weight excluding hydrogens is 260 g/mol. The summed E-state index contributed by atoms with van der Waals surface area (Å²) in [6.45, 7) is 3.24. The molecule has 0 aromatic heterocycles. The van der Waals surface area contributed by atoms with Crippen molar-refractivity contribution < 1.29 is 9.84 Å². The highest BCUT2D eigenvalue weighted by Gasteiger charge is 2.35. The third-order valence-corrected chi connectivity index (χ3v) is 5.64. The van der Waals surface area contributed by atoms with Crippen LogP contribution in [0.5, 0.6) is 0 Å². The lowest BCUT2D eigenvalue weighted by molar-refractivity contribution is -0.0328. The maximum absolute atomic E-state index is 9.76. The van der Waals surface area contributed by atoms with Crippen LogP contribution in [0.1, 0.15) is 90.4 Å². The highest BCUT2D eigenvalue weighted by atomic mass is 16.5. The maximum atomic E-state index is 9.76. The number of hydrogen-bond acceptors (Lipinski definition) is 2. The van der Waals surface area contributed by atoms with Gasteiger partial charge in [-0.15, -0.1) is 0 Å². The molecule has 2 fully saturated rings. The molecule has 0 spiro atoms. The van der Waals surface area contributed by atoms with Crippen molar-refractivity contribution in [3.63, 3.8) is 0 Å². The number of hydrogen-bond donors (Lipinski definition) is 1. The zero-order chi connectivity index (χ0) is 14.9. The normalized spacial score (nSPS) is 32.9. The van der Waals surface area contributed by atoms with Crippen LogP contribution in [0.15, 0.2) is 0 Å². The van der Waals surface area contributed by atoms with Gasteiger partial charge in [-0.1, -0.05) is 45.4 Å². The van der Waals surface area contributed by atoms with E-state index in [0.717, 1.165) is 31.3 Å². The van der Waals surface area contributed by atoms with Crippen molar-refractivity contribution in [1.82, 2.24) is 0 Å². The van der Waals surface area contributed by atoms with E-state index >= 15 is 0 Å². The summed E-state index contributed by atoms with van der Waals surface area (Å²) in [5, 5.41) is 9.76. The molecule has 2 heteroatoms. The smallest absolute Gasteiger partial charge is 0.0578 e. The molecule has 0 aromatic carbocycles. The second-order valence-electron chi connectivity index (χ2n) is 7.41. The molecular formula is C19H36O2. The monoisotopic (exact) mass is 296 g/mol. The topological polar surface area (TPSA) is 29.5 Å². The summed E-state index contributed by atoms with van der Waals surface area (Å²) in [6, 6.07) is 0. The number of ether oxygens (including phenoxy) is 1. The van der Waals surface area contributed by atoms with Gasteiger partial charge in [0.1, 0.15) is 0 Å². The van der Waals surface area contributed by atoms with Crippen LogP contribution in [0.3, 0.4) is 0 Å². The first-order valence-corrected chi connectivity index (χ1v) is 9.59. The van der Waals surface area contributed by atoms with E-state index in [9.17, 15) is 5.11 Å². The van der Waals surface area contributed by atoms with Crippen LogP contribution in [0.25, 0.3) is 0 Å². The lowest BCUT2D eigenvalue weighted by atomic mass is 9.69. The molecule has 1 N–H and O–H groups in total. The van der Waals surface area contributed by atoms with Crippen LogP contribution in [-0.4, -0.2) is 23.9 Å². The fourth-order valence-corrected chi connectivity index (χ4v) is 4.28. The van der Waals surface area contributed by atoms with Gasteiger partial charge in [-0.25, -0.2) is 0 Å². The first kappa shape index (κ1) is 17.3. The summed E-state index contributed by atoms with van der Waals surface area (Å²) >= 11 is 0. The largest absolute Gasteiger partial charge is 0.393 e. The Morgan fingerprint density at radius 2 is 1.48 bits per heavy atom. The molecule has 2 nitrogen and oxygen atoms in total. The molecule has 0 amide bonds. The molecule has 0 radical (unpaired) electrons. The second-order valence-corrected chi connectivity index (χ2v) is 7.41. The Kier molecular flexibility index (Phi) is 8.10. The maximum Gasteiger partial charge on any atom is 0.0578 e. The highest BCUT2D eigenvalue weighted by Crippen LogP contribution is 2.41. The Bertz CT molecular complexity index is 266. The molecule has 0 aromatic rings. The van der Waals surface area contributed by atoms with E-state index in [1.165, 1.54) is 70.6 Å². The molecule has 2 aliphatic carbocycles. The Morgan fingerprint density at radius 1 is 0.810 bits per heavy atom. The van der Waals surface area contributed by atoms with E-state index < -0.39 is 0 Å². The predicted molar refractivity (Wildman–Crippen MR) is 88.4 cm³/mol. The van der Waals surface area contributed by atoms with Gasteiger partial charge in [0.2, 0.25) is 0 Å². The van der Waals surface area contributed by atoms with Gasteiger partial charge in [-0.2, -0.15) is 0 Å². The van der Waals surface area contributed by atoms with Gasteiger partial charge in [0.25, 0.3) is 0 Å². The van der Waals surface area contributed by atoms with Gasteiger partial charge in [-0.3, -0.25) is 0 Å². The fourth-order valence-electron chi connectivity index (χ4n) is 4.28. The standard InChI is InChI=1S/C19H36O2/c1-2-3-4-5-6-7-8-13-21-19-12-10-16-14-18(20)11-9-17(16)15-19/h16-20H,2-15H2,1H3. The van der Waals surface area contributed by atoms with E-state index in [0.29, 0.717) is 6.10 Å². The molecule has 21 heavy (non-hydrogen) atoms. The minimum absolute atomic E-state index is 0.0172. The summed E-state index contributed by atoms with van der Waals surface area (Å²) in [5.74, 6) is 1.62. The fraction of sp³-hybridized carbons (Fsp3) is 1.00. The van der Waals surface area contributed by atoms with Crippen LogP contribution < -0.4 is 0 Å². The summed E-state index contributed by atoms with van der Waals surface area (Å²) in [7, 11) is 0. The van der Waals surface area contributed by atoms with Crippen LogP contribution in [0.4, 0.5) is 0 Å². The van der Waals surface area contributed by atoms with Crippen LogP contribution >= 0.6 is 0 Å². The number of rotatable bonds is 9. The van der Waals surface area contributed by atoms with Crippen molar-refractivity contribution in [3.05, 3.63) is 0 Å². The third-order valence-electron chi connectivity index (χ3n) is 5.64. The Labute approximate surface area is 131 Å². The second kappa shape index (κ2) is 9.84. The van der Waals surface area contributed by atoms with Gasteiger partial charge in [0.05, 0.1) is 12.2 Å². The van der Waals surface area contributed by atoms with Crippen LogP contribution in [0.2, 0.25) is 0 Å². The Morgan fingerprint density at radius 3 is 2.29 bits per heavy atom. The summed E-state index contributed by atoms with van der Waals surface area (Å²) < 4.78 is 6.12. The van der Waals surface area contributed by atoms with E-state index in [1.54, 1.807) is 0 Å². The molecule has 0 aliphatic heterocycles.